The summed E-state index contributed by atoms with van der Waals surface area (Å²) in [4.78, 5) is 15.8. The van der Waals surface area contributed by atoms with Crippen LogP contribution in [-0.4, -0.2) is 16.0 Å². The fourth-order valence-electron chi connectivity index (χ4n) is 2.22. The zero-order valence-electron chi connectivity index (χ0n) is 13.4. The molecule has 1 aromatic heterocycles. The standard InChI is InChI=1S/C18H17N3O3/c1-11-3-6-13(7-4-11)18-20-16(21-24-18)10-23-15-9-12(2)5-8-14(15)17(19)22/h3-9H,10H2,1-2H3,(H2,19,22). The molecule has 0 bridgehead atoms. The van der Waals surface area contributed by atoms with Crippen LogP contribution in [0.2, 0.25) is 0 Å². The lowest BCUT2D eigenvalue weighted by atomic mass is 10.1. The molecule has 0 aliphatic carbocycles. The third-order valence-electron chi connectivity index (χ3n) is 3.53. The maximum atomic E-state index is 11.5. The number of aryl methyl sites for hydroxylation is 2. The van der Waals surface area contributed by atoms with E-state index in [-0.39, 0.29) is 6.61 Å². The third-order valence-corrected chi connectivity index (χ3v) is 3.53. The van der Waals surface area contributed by atoms with Gasteiger partial charge in [0.1, 0.15) is 5.75 Å². The number of carbonyl (C=O) groups excluding carboxylic acids is 1. The maximum absolute atomic E-state index is 11.5. The number of hydrogen-bond acceptors (Lipinski definition) is 5. The molecule has 24 heavy (non-hydrogen) atoms. The highest BCUT2D eigenvalue weighted by molar-refractivity contribution is 5.95. The zero-order chi connectivity index (χ0) is 17.1. The molecule has 3 aromatic rings. The Morgan fingerprint density at radius 2 is 1.83 bits per heavy atom. The molecule has 6 heteroatoms. The predicted octanol–water partition coefficient (Wildman–Crippen LogP) is 3.03. The summed E-state index contributed by atoms with van der Waals surface area (Å²) in [5.41, 5.74) is 8.63. The van der Waals surface area contributed by atoms with Crippen molar-refractivity contribution in [2.75, 3.05) is 0 Å². The first-order valence-electron chi connectivity index (χ1n) is 7.46. The number of rotatable bonds is 5. The highest BCUT2D eigenvalue weighted by atomic mass is 16.5. The van der Waals surface area contributed by atoms with Gasteiger partial charge < -0.3 is 15.0 Å². The molecule has 122 valence electrons. The molecule has 0 spiro atoms. The summed E-state index contributed by atoms with van der Waals surface area (Å²) >= 11 is 0. The van der Waals surface area contributed by atoms with Crippen LogP contribution in [0.3, 0.4) is 0 Å². The van der Waals surface area contributed by atoms with E-state index in [0.717, 1.165) is 16.7 Å². The van der Waals surface area contributed by atoms with E-state index < -0.39 is 5.91 Å². The van der Waals surface area contributed by atoms with Gasteiger partial charge in [-0.05, 0) is 43.7 Å². The molecular weight excluding hydrogens is 306 g/mol. The summed E-state index contributed by atoms with van der Waals surface area (Å²) in [7, 11) is 0. The van der Waals surface area contributed by atoms with E-state index in [0.29, 0.717) is 23.0 Å². The first kappa shape index (κ1) is 15.7. The van der Waals surface area contributed by atoms with Crippen molar-refractivity contribution >= 4 is 5.91 Å². The second kappa shape index (κ2) is 6.54. The molecule has 0 atom stereocenters. The molecule has 0 saturated heterocycles. The molecule has 1 heterocycles. The minimum atomic E-state index is -0.543. The van der Waals surface area contributed by atoms with Crippen LogP contribution in [-0.2, 0) is 6.61 Å². The van der Waals surface area contributed by atoms with Gasteiger partial charge in [0.15, 0.2) is 6.61 Å². The third kappa shape index (κ3) is 3.43. The normalized spacial score (nSPS) is 10.6. The summed E-state index contributed by atoms with van der Waals surface area (Å²) in [5, 5.41) is 3.90. The number of primary amides is 1. The van der Waals surface area contributed by atoms with E-state index in [4.69, 9.17) is 15.0 Å². The van der Waals surface area contributed by atoms with Gasteiger partial charge >= 0.3 is 0 Å². The molecule has 0 fully saturated rings. The van der Waals surface area contributed by atoms with Gasteiger partial charge in [0.05, 0.1) is 5.56 Å². The Morgan fingerprint density at radius 3 is 2.54 bits per heavy atom. The molecule has 2 N–H and O–H groups in total. The second-order valence-corrected chi connectivity index (χ2v) is 5.53. The van der Waals surface area contributed by atoms with E-state index in [1.54, 1.807) is 18.2 Å². The molecular formula is C18H17N3O3. The number of benzene rings is 2. The molecule has 0 unspecified atom stereocenters. The quantitative estimate of drug-likeness (QED) is 0.779. The van der Waals surface area contributed by atoms with Crippen molar-refractivity contribution in [1.82, 2.24) is 10.1 Å². The van der Waals surface area contributed by atoms with Crippen molar-refractivity contribution in [1.29, 1.82) is 0 Å². The lowest BCUT2D eigenvalue weighted by Crippen LogP contribution is -2.13. The Hall–Kier alpha value is -3.15. The molecule has 0 aliphatic heterocycles. The van der Waals surface area contributed by atoms with Crippen molar-refractivity contribution in [3.05, 3.63) is 65.0 Å². The van der Waals surface area contributed by atoms with Crippen LogP contribution in [0.1, 0.15) is 27.3 Å². The van der Waals surface area contributed by atoms with Gasteiger partial charge in [-0.2, -0.15) is 4.98 Å². The van der Waals surface area contributed by atoms with Gasteiger partial charge in [0.2, 0.25) is 5.82 Å². The summed E-state index contributed by atoms with van der Waals surface area (Å²) < 4.78 is 10.9. The van der Waals surface area contributed by atoms with Gasteiger partial charge in [-0.1, -0.05) is 28.9 Å². The Labute approximate surface area is 139 Å². The average molecular weight is 323 g/mol. The number of ether oxygens (including phenoxy) is 1. The molecule has 1 amide bonds. The van der Waals surface area contributed by atoms with Crippen molar-refractivity contribution in [2.24, 2.45) is 5.73 Å². The summed E-state index contributed by atoms with van der Waals surface area (Å²) in [6.07, 6.45) is 0. The van der Waals surface area contributed by atoms with Crippen molar-refractivity contribution < 1.29 is 14.1 Å². The van der Waals surface area contributed by atoms with E-state index in [1.165, 1.54) is 0 Å². The van der Waals surface area contributed by atoms with Crippen LogP contribution in [0.15, 0.2) is 47.0 Å². The molecule has 3 rings (SSSR count). The zero-order valence-corrected chi connectivity index (χ0v) is 13.4. The molecule has 0 aliphatic rings. The number of amides is 1. The summed E-state index contributed by atoms with van der Waals surface area (Å²) in [6, 6.07) is 13.0. The van der Waals surface area contributed by atoms with Crippen LogP contribution in [0.25, 0.3) is 11.5 Å². The first-order valence-corrected chi connectivity index (χ1v) is 7.46. The minimum absolute atomic E-state index is 0.0824. The van der Waals surface area contributed by atoms with E-state index in [1.807, 2.05) is 38.1 Å². The molecule has 6 nitrogen and oxygen atoms in total. The Kier molecular flexibility index (Phi) is 4.29. The number of hydrogen-bond donors (Lipinski definition) is 1. The monoisotopic (exact) mass is 323 g/mol. The van der Waals surface area contributed by atoms with Crippen LogP contribution in [0.5, 0.6) is 5.75 Å². The maximum Gasteiger partial charge on any atom is 0.258 e. The van der Waals surface area contributed by atoms with Crippen molar-refractivity contribution in [3.8, 4) is 17.2 Å². The van der Waals surface area contributed by atoms with Gasteiger partial charge in [-0.15, -0.1) is 0 Å². The van der Waals surface area contributed by atoms with Crippen LogP contribution >= 0.6 is 0 Å². The summed E-state index contributed by atoms with van der Waals surface area (Å²) in [6.45, 7) is 4.00. The van der Waals surface area contributed by atoms with Crippen LogP contribution < -0.4 is 10.5 Å². The lowest BCUT2D eigenvalue weighted by molar-refractivity contribution is 0.0995. The average Bonchev–Trinajstić information content (AvgIpc) is 3.02. The van der Waals surface area contributed by atoms with Gasteiger partial charge in [-0.3, -0.25) is 4.79 Å². The van der Waals surface area contributed by atoms with Crippen molar-refractivity contribution in [3.63, 3.8) is 0 Å². The Balaban J connectivity index is 1.75. The summed E-state index contributed by atoms with van der Waals surface area (Å²) in [5.74, 6) is 0.679. The van der Waals surface area contributed by atoms with Crippen LogP contribution in [0, 0.1) is 13.8 Å². The highest BCUT2D eigenvalue weighted by Crippen LogP contribution is 2.22. The number of aromatic nitrogens is 2. The number of nitrogens with two attached hydrogens (primary N) is 1. The van der Waals surface area contributed by atoms with E-state index >= 15 is 0 Å². The fraction of sp³-hybridized carbons (Fsp3) is 0.167. The smallest absolute Gasteiger partial charge is 0.258 e. The minimum Gasteiger partial charge on any atom is -0.485 e. The van der Waals surface area contributed by atoms with Gasteiger partial charge in [-0.25, -0.2) is 0 Å². The van der Waals surface area contributed by atoms with Crippen molar-refractivity contribution in [2.45, 2.75) is 20.5 Å². The highest BCUT2D eigenvalue weighted by Gasteiger charge is 2.13. The first-order chi connectivity index (χ1) is 11.5. The largest absolute Gasteiger partial charge is 0.485 e. The predicted molar refractivity (Wildman–Crippen MR) is 88.5 cm³/mol. The Bertz CT molecular complexity index is 869. The van der Waals surface area contributed by atoms with E-state index in [9.17, 15) is 4.79 Å². The van der Waals surface area contributed by atoms with Gasteiger partial charge in [0, 0.05) is 5.56 Å². The molecule has 2 aromatic carbocycles. The molecule has 0 saturated carbocycles. The number of carbonyl (C=O) groups is 1. The van der Waals surface area contributed by atoms with E-state index in [2.05, 4.69) is 10.1 Å². The topological polar surface area (TPSA) is 91.2 Å². The van der Waals surface area contributed by atoms with Gasteiger partial charge in [0.25, 0.3) is 11.8 Å². The van der Waals surface area contributed by atoms with Crippen LogP contribution in [0.4, 0.5) is 0 Å². The second-order valence-electron chi connectivity index (χ2n) is 5.53. The SMILES string of the molecule is Cc1ccc(-c2nc(COc3cc(C)ccc3C(N)=O)no2)cc1. The number of nitrogens with zero attached hydrogens (tertiary/aromatic N) is 2. The Morgan fingerprint density at radius 1 is 1.12 bits per heavy atom. The lowest BCUT2D eigenvalue weighted by Gasteiger charge is -2.08. The fourth-order valence-corrected chi connectivity index (χ4v) is 2.22. The molecule has 0 radical (unpaired) electrons.